The standard InChI is InChI=1S/C15H20O2S/c1-6-15-14(5,18-15)16-11-8-7-10(13(2,3)4)9-12(11)17-15/h7-9H,6H2,1-5H3. The van der Waals surface area contributed by atoms with Crippen molar-refractivity contribution in [2.24, 2.45) is 0 Å². The molecular weight excluding hydrogens is 244 g/mol. The summed E-state index contributed by atoms with van der Waals surface area (Å²) in [6.07, 6.45) is 0.966. The third-order valence-electron chi connectivity index (χ3n) is 3.86. The highest BCUT2D eigenvalue weighted by Gasteiger charge is 2.73. The molecule has 2 nitrogen and oxygen atoms in total. The molecule has 18 heavy (non-hydrogen) atoms. The predicted molar refractivity (Wildman–Crippen MR) is 75.4 cm³/mol. The van der Waals surface area contributed by atoms with Crippen molar-refractivity contribution in [3.63, 3.8) is 0 Å². The van der Waals surface area contributed by atoms with Gasteiger partial charge in [-0.2, -0.15) is 0 Å². The molecule has 3 rings (SSSR count). The average molecular weight is 264 g/mol. The summed E-state index contributed by atoms with van der Waals surface area (Å²) in [4.78, 5) is -0.367. The van der Waals surface area contributed by atoms with Gasteiger partial charge < -0.3 is 9.47 Å². The maximum atomic E-state index is 6.22. The molecule has 1 aromatic rings. The van der Waals surface area contributed by atoms with Crippen molar-refractivity contribution in [1.82, 2.24) is 0 Å². The van der Waals surface area contributed by atoms with Crippen molar-refractivity contribution in [1.29, 1.82) is 0 Å². The van der Waals surface area contributed by atoms with E-state index in [-0.39, 0.29) is 15.3 Å². The van der Waals surface area contributed by atoms with E-state index in [9.17, 15) is 0 Å². The molecule has 0 spiro atoms. The van der Waals surface area contributed by atoms with E-state index in [4.69, 9.17) is 9.47 Å². The first kappa shape index (κ1) is 12.2. The molecule has 2 atom stereocenters. The number of thioether (sulfide) groups is 1. The van der Waals surface area contributed by atoms with Crippen molar-refractivity contribution in [2.75, 3.05) is 0 Å². The molecule has 0 amide bonds. The van der Waals surface area contributed by atoms with Gasteiger partial charge >= 0.3 is 0 Å². The molecule has 1 saturated heterocycles. The third-order valence-corrected chi connectivity index (χ3v) is 5.55. The van der Waals surface area contributed by atoms with Gasteiger partial charge in [0.25, 0.3) is 0 Å². The van der Waals surface area contributed by atoms with Crippen molar-refractivity contribution >= 4 is 11.8 Å². The summed E-state index contributed by atoms with van der Waals surface area (Å²) in [6, 6.07) is 6.31. The third kappa shape index (κ3) is 1.56. The van der Waals surface area contributed by atoms with E-state index in [1.807, 2.05) is 6.07 Å². The van der Waals surface area contributed by atoms with Gasteiger partial charge in [-0.05, 0) is 36.5 Å². The Morgan fingerprint density at radius 3 is 2.50 bits per heavy atom. The molecule has 3 heteroatoms. The van der Waals surface area contributed by atoms with Crippen LogP contribution in [0.15, 0.2) is 18.2 Å². The molecule has 1 fully saturated rings. The Balaban J connectivity index is 2.00. The lowest BCUT2D eigenvalue weighted by atomic mass is 9.87. The largest absolute Gasteiger partial charge is 0.468 e. The highest BCUT2D eigenvalue weighted by Crippen LogP contribution is 2.69. The molecular formula is C15H20O2S. The van der Waals surface area contributed by atoms with Crippen LogP contribution in [0.5, 0.6) is 11.5 Å². The Morgan fingerprint density at radius 1 is 1.17 bits per heavy atom. The van der Waals surface area contributed by atoms with Crippen LogP contribution in [0, 0.1) is 0 Å². The van der Waals surface area contributed by atoms with E-state index in [1.54, 1.807) is 11.8 Å². The molecule has 0 aliphatic carbocycles. The number of fused-ring (bicyclic) bond motifs is 2. The topological polar surface area (TPSA) is 18.5 Å². The van der Waals surface area contributed by atoms with Crippen LogP contribution >= 0.6 is 11.8 Å². The lowest BCUT2D eigenvalue weighted by molar-refractivity contribution is 0.0294. The molecule has 2 unspecified atom stereocenters. The summed E-state index contributed by atoms with van der Waals surface area (Å²) < 4.78 is 12.3. The van der Waals surface area contributed by atoms with Gasteiger partial charge in [-0.1, -0.05) is 45.5 Å². The first-order chi connectivity index (χ1) is 8.30. The van der Waals surface area contributed by atoms with Crippen LogP contribution in [-0.2, 0) is 5.41 Å². The summed E-state index contributed by atoms with van der Waals surface area (Å²) >= 11 is 1.77. The number of ether oxygens (including phenoxy) is 2. The Kier molecular flexibility index (Phi) is 2.30. The minimum Gasteiger partial charge on any atom is -0.468 e. The number of hydrogen-bond donors (Lipinski definition) is 0. The van der Waals surface area contributed by atoms with Crippen LogP contribution in [0.1, 0.15) is 46.6 Å². The maximum absolute atomic E-state index is 6.22. The molecule has 2 aliphatic heterocycles. The summed E-state index contributed by atoms with van der Waals surface area (Å²) in [5.74, 6) is 1.77. The Bertz CT molecular complexity index is 506. The summed E-state index contributed by atoms with van der Waals surface area (Å²) in [6.45, 7) is 10.9. The minimum absolute atomic E-state index is 0.134. The lowest BCUT2D eigenvalue weighted by Gasteiger charge is -2.30. The van der Waals surface area contributed by atoms with Crippen LogP contribution in [0.25, 0.3) is 0 Å². The van der Waals surface area contributed by atoms with Crippen LogP contribution in [0.4, 0.5) is 0 Å². The summed E-state index contributed by atoms with van der Waals surface area (Å²) in [5.41, 5.74) is 1.42. The summed E-state index contributed by atoms with van der Waals surface area (Å²) in [5, 5.41) is 0. The van der Waals surface area contributed by atoms with E-state index in [0.29, 0.717) is 0 Å². The van der Waals surface area contributed by atoms with Crippen molar-refractivity contribution in [3.05, 3.63) is 23.8 Å². The molecule has 0 radical (unpaired) electrons. The zero-order valence-electron chi connectivity index (χ0n) is 11.7. The quantitative estimate of drug-likeness (QED) is 0.704. The predicted octanol–water partition coefficient (Wildman–Crippen LogP) is 4.32. The van der Waals surface area contributed by atoms with Gasteiger partial charge in [0.1, 0.15) is 0 Å². The van der Waals surface area contributed by atoms with E-state index >= 15 is 0 Å². The van der Waals surface area contributed by atoms with Gasteiger partial charge in [-0.15, -0.1) is 0 Å². The Labute approximate surface area is 113 Å². The fourth-order valence-electron chi connectivity index (χ4n) is 2.49. The van der Waals surface area contributed by atoms with Crippen LogP contribution in [0.2, 0.25) is 0 Å². The van der Waals surface area contributed by atoms with Crippen molar-refractivity contribution < 1.29 is 9.47 Å². The second-order valence-corrected chi connectivity index (χ2v) is 7.91. The van der Waals surface area contributed by atoms with Crippen molar-refractivity contribution in [2.45, 2.75) is 56.3 Å². The highest BCUT2D eigenvalue weighted by atomic mass is 32.2. The molecule has 2 aliphatic rings. The zero-order chi connectivity index (χ0) is 13.2. The fourth-order valence-corrected chi connectivity index (χ4v) is 3.71. The SMILES string of the molecule is CCC12Oc3cc(C(C)(C)C)ccc3OC1(C)S2. The Morgan fingerprint density at radius 2 is 1.89 bits per heavy atom. The zero-order valence-corrected chi connectivity index (χ0v) is 12.5. The minimum atomic E-state index is -0.196. The first-order valence-corrected chi connectivity index (χ1v) is 7.34. The average Bonchev–Trinajstić information content (AvgIpc) is 2.88. The maximum Gasteiger partial charge on any atom is 0.207 e. The normalized spacial score (nSPS) is 32.9. The van der Waals surface area contributed by atoms with Gasteiger partial charge in [0.15, 0.2) is 11.5 Å². The van der Waals surface area contributed by atoms with Gasteiger partial charge in [0.05, 0.1) is 0 Å². The van der Waals surface area contributed by atoms with Crippen LogP contribution in [-0.4, -0.2) is 9.87 Å². The number of rotatable bonds is 1. The second kappa shape index (κ2) is 3.38. The molecule has 0 N–H and O–H groups in total. The summed E-state index contributed by atoms with van der Waals surface area (Å²) in [7, 11) is 0. The molecule has 0 saturated carbocycles. The number of hydrogen-bond acceptors (Lipinski definition) is 3. The van der Waals surface area contributed by atoms with Crippen molar-refractivity contribution in [3.8, 4) is 11.5 Å². The van der Waals surface area contributed by atoms with Gasteiger partial charge in [0, 0.05) is 0 Å². The van der Waals surface area contributed by atoms with E-state index in [2.05, 4.69) is 46.8 Å². The molecule has 0 aromatic heterocycles. The second-order valence-electron chi connectivity index (χ2n) is 6.27. The van der Waals surface area contributed by atoms with Gasteiger partial charge in [-0.25, -0.2) is 0 Å². The van der Waals surface area contributed by atoms with E-state index < -0.39 is 0 Å². The van der Waals surface area contributed by atoms with E-state index in [0.717, 1.165) is 17.9 Å². The number of benzene rings is 1. The van der Waals surface area contributed by atoms with Gasteiger partial charge in [0.2, 0.25) is 9.87 Å². The Hall–Kier alpha value is -0.830. The fraction of sp³-hybridized carbons (Fsp3) is 0.600. The van der Waals surface area contributed by atoms with E-state index in [1.165, 1.54) is 5.56 Å². The first-order valence-electron chi connectivity index (χ1n) is 6.52. The molecule has 2 heterocycles. The van der Waals surface area contributed by atoms with Crippen LogP contribution < -0.4 is 9.47 Å². The molecule has 98 valence electrons. The van der Waals surface area contributed by atoms with Gasteiger partial charge in [-0.3, -0.25) is 0 Å². The smallest absolute Gasteiger partial charge is 0.207 e. The molecule has 0 bridgehead atoms. The lowest BCUT2D eigenvalue weighted by Crippen LogP contribution is -2.37. The monoisotopic (exact) mass is 264 g/mol. The molecule has 1 aromatic carbocycles. The highest BCUT2D eigenvalue weighted by molar-refractivity contribution is 8.09. The van der Waals surface area contributed by atoms with Crippen LogP contribution in [0.3, 0.4) is 0 Å².